The summed E-state index contributed by atoms with van der Waals surface area (Å²) in [5.41, 5.74) is 2.44. The van der Waals surface area contributed by atoms with Crippen LogP contribution in [0.3, 0.4) is 0 Å². The van der Waals surface area contributed by atoms with Crippen molar-refractivity contribution in [1.29, 1.82) is 0 Å². The van der Waals surface area contributed by atoms with Crippen molar-refractivity contribution in [3.05, 3.63) is 54.9 Å². The minimum atomic E-state index is 0.0849. The van der Waals surface area contributed by atoms with Crippen LogP contribution in [0.5, 0.6) is 11.5 Å². The van der Waals surface area contributed by atoms with Crippen LogP contribution in [0.4, 0.5) is 11.5 Å². The van der Waals surface area contributed by atoms with Crippen molar-refractivity contribution < 1.29 is 9.84 Å². The number of nitrogens with one attached hydrogen (secondary N) is 2. The predicted molar refractivity (Wildman–Crippen MR) is 90.7 cm³/mol. The molecule has 120 valence electrons. The lowest BCUT2D eigenvalue weighted by molar-refractivity contribution is 0.373. The van der Waals surface area contributed by atoms with Gasteiger partial charge in [-0.1, -0.05) is 18.2 Å². The average molecular weight is 321 g/mol. The number of ether oxygens (including phenoxy) is 1. The number of benzene rings is 2. The van der Waals surface area contributed by atoms with E-state index in [2.05, 4.69) is 20.4 Å². The highest BCUT2D eigenvalue weighted by atomic mass is 16.5. The monoisotopic (exact) mass is 321 g/mol. The molecule has 0 saturated carbocycles. The number of nitrogens with zero attached hydrogens (tertiary/aromatic N) is 3. The van der Waals surface area contributed by atoms with E-state index in [-0.39, 0.29) is 5.75 Å². The molecule has 3 N–H and O–H groups in total. The Morgan fingerprint density at radius 3 is 2.79 bits per heavy atom. The standard InChI is InChI=1S/C17H15N5O2/c1-24-14-9-11(7-8-13(14)23)15-16(20-12-5-3-2-4-6-12)22-17(21-15)18-10-19-22/h2-10,20,23H,1H3,(H,18,19,21). The van der Waals surface area contributed by atoms with Gasteiger partial charge < -0.3 is 15.2 Å². The number of aromatic hydroxyl groups is 1. The summed E-state index contributed by atoms with van der Waals surface area (Å²) in [4.78, 5) is 8.77. The molecule has 0 unspecified atom stereocenters. The highest BCUT2D eigenvalue weighted by Gasteiger charge is 2.17. The van der Waals surface area contributed by atoms with Crippen molar-refractivity contribution in [3.8, 4) is 22.8 Å². The first-order chi connectivity index (χ1) is 11.8. The summed E-state index contributed by atoms with van der Waals surface area (Å²) >= 11 is 0. The third-order valence-corrected chi connectivity index (χ3v) is 3.72. The Balaban J connectivity index is 1.86. The van der Waals surface area contributed by atoms with Gasteiger partial charge in [0, 0.05) is 11.3 Å². The SMILES string of the molecule is COc1cc(-c2nc3nc[nH]n3c2Nc2ccccc2)ccc1O. The van der Waals surface area contributed by atoms with Crippen LogP contribution >= 0.6 is 0 Å². The zero-order chi connectivity index (χ0) is 16.5. The van der Waals surface area contributed by atoms with Crippen molar-refractivity contribution in [2.24, 2.45) is 0 Å². The molecule has 2 aromatic carbocycles. The number of hydrogen-bond donors (Lipinski definition) is 3. The number of aromatic amines is 1. The van der Waals surface area contributed by atoms with Crippen molar-refractivity contribution in [3.63, 3.8) is 0 Å². The maximum Gasteiger partial charge on any atom is 0.252 e. The number of phenolic OH excluding ortho intramolecular Hbond substituents is 1. The van der Waals surface area contributed by atoms with Gasteiger partial charge in [0.15, 0.2) is 17.3 Å². The van der Waals surface area contributed by atoms with Crippen LogP contribution in [-0.2, 0) is 0 Å². The smallest absolute Gasteiger partial charge is 0.252 e. The molecule has 2 aromatic heterocycles. The Bertz CT molecular complexity index is 991. The number of anilines is 2. The van der Waals surface area contributed by atoms with Gasteiger partial charge in [0.1, 0.15) is 12.0 Å². The molecule has 7 heteroatoms. The fraction of sp³-hybridized carbons (Fsp3) is 0.0588. The Morgan fingerprint density at radius 1 is 1.17 bits per heavy atom. The molecule has 4 aromatic rings. The number of para-hydroxylation sites is 1. The largest absolute Gasteiger partial charge is 0.504 e. The van der Waals surface area contributed by atoms with E-state index in [0.29, 0.717) is 17.2 Å². The third kappa shape index (κ3) is 2.32. The van der Waals surface area contributed by atoms with Crippen LogP contribution in [0.1, 0.15) is 0 Å². The fourth-order valence-corrected chi connectivity index (χ4v) is 2.56. The molecule has 0 aliphatic carbocycles. The fourth-order valence-electron chi connectivity index (χ4n) is 2.56. The number of methoxy groups -OCH3 is 1. The van der Waals surface area contributed by atoms with E-state index in [9.17, 15) is 5.11 Å². The molecule has 0 atom stereocenters. The third-order valence-electron chi connectivity index (χ3n) is 3.72. The molecule has 0 radical (unpaired) electrons. The van der Waals surface area contributed by atoms with Gasteiger partial charge in [-0.3, -0.25) is 5.10 Å². The Labute approximate surface area is 137 Å². The minimum absolute atomic E-state index is 0.0849. The number of phenols is 1. The first-order valence-corrected chi connectivity index (χ1v) is 7.37. The molecule has 0 aliphatic heterocycles. The van der Waals surface area contributed by atoms with Crippen LogP contribution < -0.4 is 10.1 Å². The van der Waals surface area contributed by atoms with Gasteiger partial charge in [-0.25, -0.2) is 14.5 Å². The molecule has 4 rings (SSSR count). The summed E-state index contributed by atoms with van der Waals surface area (Å²) < 4.78 is 6.96. The lowest BCUT2D eigenvalue weighted by atomic mass is 10.1. The van der Waals surface area contributed by atoms with Crippen molar-refractivity contribution in [2.75, 3.05) is 12.4 Å². The number of hydrogen-bond acceptors (Lipinski definition) is 5. The summed E-state index contributed by atoms with van der Waals surface area (Å²) in [5.74, 6) is 1.78. The zero-order valence-electron chi connectivity index (χ0n) is 12.9. The van der Waals surface area contributed by atoms with E-state index in [1.165, 1.54) is 7.11 Å². The quantitative estimate of drug-likeness (QED) is 0.537. The first kappa shape index (κ1) is 14.1. The van der Waals surface area contributed by atoms with Crippen LogP contribution in [0.25, 0.3) is 17.0 Å². The summed E-state index contributed by atoms with van der Waals surface area (Å²) in [6, 6.07) is 14.9. The number of aromatic nitrogens is 4. The Kier molecular flexibility index (Phi) is 3.31. The Hall–Kier alpha value is -3.48. The lowest BCUT2D eigenvalue weighted by Crippen LogP contribution is -1.97. The van der Waals surface area contributed by atoms with Gasteiger partial charge in [-0.05, 0) is 30.3 Å². The second-order valence-electron chi connectivity index (χ2n) is 5.21. The maximum atomic E-state index is 9.80. The highest BCUT2D eigenvalue weighted by molar-refractivity contribution is 5.79. The normalized spacial score (nSPS) is 10.9. The molecule has 0 fully saturated rings. The van der Waals surface area contributed by atoms with E-state index in [4.69, 9.17) is 4.74 Å². The second kappa shape index (κ2) is 5.62. The van der Waals surface area contributed by atoms with Gasteiger partial charge in [-0.15, -0.1) is 0 Å². The van der Waals surface area contributed by atoms with E-state index < -0.39 is 0 Å². The van der Waals surface area contributed by atoms with Gasteiger partial charge in [0.25, 0.3) is 5.78 Å². The topological polar surface area (TPSA) is 87.5 Å². The number of rotatable bonds is 4. The van der Waals surface area contributed by atoms with E-state index in [1.54, 1.807) is 29.0 Å². The first-order valence-electron chi connectivity index (χ1n) is 7.37. The second-order valence-corrected chi connectivity index (χ2v) is 5.21. The maximum absolute atomic E-state index is 9.80. The van der Waals surface area contributed by atoms with Crippen LogP contribution in [0.15, 0.2) is 54.9 Å². The van der Waals surface area contributed by atoms with Gasteiger partial charge in [0.2, 0.25) is 0 Å². The van der Waals surface area contributed by atoms with Crippen molar-refractivity contribution >= 4 is 17.3 Å². The molecular formula is C17H15N5O2. The molecule has 0 saturated heterocycles. The molecule has 2 heterocycles. The zero-order valence-corrected chi connectivity index (χ0v) is 12.9. The van der Waals surface area contributed by atoms with Gasteiger partial charge >= 0.3 is 0 Å². The predicted octanol–water partition coefficient (Wildman–Crippen LogP) is 3.18. The molecule has 7 nitrogen and oxygen atoms in total. The number of imidazole rings is 1. The van der Waals surface area contributed by atoms with Crippen LogP contribution in [0.2, 0.25) is 0 Å². The molecule has 0 aliphatic rings. The van der Waals surface area contributed by atoms with Crippen molar-refractivity contribution in [2.45, 2.75) is 0 Å². The van der Waals surface area contributed by atoms with E-state index >= 15 is 0 Å². The summed E-state index contributed by atoms with van der Waals surface area (Å²) in [6.45, 7) is 0. The molecule has 0 bridgehead atoms. The highest BCUT2D eigenvalue weighted by Crippen LogP contribution is 2.35. The molecule has 24 heavy (non-hydrogen) atoms. The van der Waals surface area contributed by atoms with Gasteiger partial charge in [-0.2, -0.15) is 0 Å². The molecule has 0 amide bonds. The molecular weight excluding hydrogens is 306 g/mol. The van der Waals surface area contributed by atoms with E-state index in [1.807, 2.05) is 30.3 Å². The number of H-pyrrole nitrogens is 1. The van der Waals surface area contributed by atoms with E-state index in [0.717, 1.165) is 17.1 Å². The summed E-state index contributed by atoms with van der Waals surface area (Å²) in [6.07, 6.45) is 1.58. The van der Waals surface area contributed by atoms with Crippen molar-refractivity contribution in [1.82, 2.24) is 19.6 Å². The number of fused-ring (bicyclic) bond motifs is 1. The summed E-state index contributed by atoms with van der Waals surface area (Å²) in [5, 5.41) is 16.2. The summed E-state index contributed by atoms with van der Waals surface area (Å²) in [7, 11) is 1.51. The Morgan fingerprint density at radius 2 is 2.00 bits per heavy atom. The van der Waals surface area contributed by atoms with Crippen LogP contribution in [0, 0.1) is 0 Å². The lowest BCUT2D eigenvalue weighted by Gasteiger charge is -2.09. The van der Waals surface area contributed by atoms with Gasteiger partial charge in [0.05, 0.1) is 7.11 Å². The van der Waals surface area contributed by atoms with Crippen LogP contribution in [-0.4, -0.2) is 31.8 Å². The average Bonchev–Trinajstić information content (AvgIpc) is 3.19. The molecule has 0 spiro atoms. The minimum Gasteiger partial charge on any atom is -0.504 e.